The average molecular weight is 261 g/mol. The van der Waals surface area contributed by atoms with Crippen molar-refractivity contribution in [3.8, 4) is 0 Å². The van der Waals surface area contributed by atoms with Gasteiger partial charge in [0.1, 0.15) is 6.61 Å². The van der Waals surface area contributed by atoms with Gasteiger partial charge in [0.25, 0.3) is 0 Å². The van der Waals surface area contributed by atoms with Gasteiger partial charge in [-0.1, -0.05) is 13.8 Å². The molecule has 1 unspecified atom stereocenters. The Bertz CT molecular complexity index is 209. The molecule has 0 amide bonds. The first kappa shape index (κ1) is 17.4. The monoisotopic (exact) mass is 261 g/mol. The first-order chi connectivity index (χ1) is 8.60. The van der Waals surface area contributed by atoms with E-state index in [-0.39, 0.29) is 11.9 Å². The molecule has 0 radical (unpaired) electrons. The predicted octanol–water partition coefficient (Wildman–Crippen LogP) is 1.20. The Morgan fingerprint density at radius 3 is 2.39 bits per heavy atom. The summed E-state index contributed by atoms with van der Waals surface area (Å²) in [5, 5.41) is 0. The van der Waals surface area contributed by atoms with Gasteiger partial charge in [0.15, 0.2) is 0 Å². The van der Waals surface area contributed by atoms with Crippen LogP contribution in [0.3, 0.4) is 0 Å². The molecular weight excluding hydrogens is 234 g/mol. The summed E-state index contributed by atoms with van der Waals surface area (Å²) in [6.45, 7) is 6.55. The molecule has 0 aliphatic rings. The molecule has 0 aromatic heterocycles. The standard InChI is InChI=1S/C13H27NO4/c1-11(2)8-12(10-14)9-13(15)18-7-6-17-5-4-16-3/h11-12H,4-10,14H2,1-3H3. The highest BCUT2D eigenvalue weighted by atomic mass is 16.6. The highest BCUT2D eigenvalue weighted by molar-refractivity contribution is 5.69. The van der Waals surface area contributed by atoms with Crippen LogP contribution in [0, 0.1) is 11.8 Å². The van der Waals surface area contributed by atoms with E-state index in [0.29, 0.717) is 45.3 Å². The van der Waals surface area contributed by atoms with Gasteiger partial charge in [0, 0.05) is 13.5 Å². The maximum absolute atomic E-state index is 11.5. The van der Waals surface area contributed by atoms with Crippen LogP contribution in [0.4, 0.5) is 0 Å². The third kappa shape index (κ3) is 10.5. The van der Waals surface area contributed by atoms with Gasteiger partial charge in [0.05, 0.1) is 19.8 Å². The Hall–Kier alpha value is -0.650. The van der Waals surface area contributed by atoms with Crippen LogP contribution in [0.15, 0.2) is 0 Å². The van der Waals surface area contributed by atoms with Crippen molar-refractivity contribution in [3.05, 3.63) is 0 Å². The predicted molar refractivity (Wildman–Crippen MR) is 70.3 cm³/mol. The van der Waals surface area contributed by atoms with Gasteiger partial charge in [0.2, 0.25) is 0 Å². The fraction of sp³-hybridized carbons (Fsp3) is 0.923. The van der Waals surface area contributed by atoms with E-state index in [1.54, 1.807) is 7.11 Å². The summed E-state index contributed by atoms with van der Waals surface area (Å²) >= 11 is 0. The van der Waals surface area contributed by atoms with Crippen molar-refractivity contribution in [1.29, 1.82) is 0 Å². The topological polar surface area (TPSA) is 70.8 Å². The number of hydrogen-bond donors (Lipinski definition) is 1. The summed E-state index contributed by atoms with van der Waals surface area (Å²) < 4.78 is 15.1. The van der Waals surface area contributed by atoms with Crippen LogP contribution >= 0.6 is 0 Å². The number of nitrogens with two attached hydrogens (primary N) is 1. The average Bonchev–Trinajstić information content (AvgIpc) is 2.32. The second kappa shape index (κ2) is 11.4. The van der Waals surface area contributed by atoms with Gasteiger partial charge in [-0.2, -0.15) is 0 Å². The largest absolute Gasteiger partial charge is 0.463 e. The van der Waals surface area contributed by atoms with Gasteiger partial charge in [-0.05, 0) is 24.8 Å². The SMILES string of the molecule is COCCOCCOC(=O)CC(CN)CC(C)C. The molecule has 0 rings (SSSR count). The van der Waals surface area contributed by atoms with E-state index in [1.807, 2.05) is 0 Å². The maximum Gasteiger partial charge on any atom is 0.306 e. The van der Waals surface area contributed by atoms with Crippen molar-refractivity contribution < 1.29 is 19.0 Å². The second-order valence-corrected chi connectivity index (χ2v) is 4.76. The normalized spacial score (nSPS) is 12.7. The lowest BCUT2D eigenvalue weighted by Gasteiger charge is -2.16. The van der Waals surface area contributed by atoms with Crippen molar-refractivity contribution in [3.63, 3.8) is 0 Å². The molecule has 0 heterocycles. The Kier molecular flexibility index (Phi) is 11.0. The number of esters is 1. The molecule has 5 nitrogen and oxygen atoms in total. The number of carbonyl (C=O) groups is 1. The molecule has 2 N–H and O–H groups in total. The number of methoxy groups -OCH3 is 1. The van der Waals surface area contributed by atoms with Crippen LogP contribution in [0.1, 0.15) is 26.7 Å². The van der Waals surface area contributed by atoms with Crippen molar-refractivity contribution in [2.75, 3.05) is 40.1 Å². The zero-order chi connectivity index (χ0) is 13.8. The molecule has 108 valence electrons. The summed E-state index contributed by atoms with van der Waals surface area (Å²) in [6, 6.07) is 0. The summed E-state index contributed by atoms with van der Waals surface area (Å²) in [6.07, 6.45) is 1.35. The molecule has 0 fully saturated rings. The summed E-state index contributed by atoms with van der Waals surface area (Å²) in [5.41, 5.74) is 5.63. The van der Waals surface area contributed by atoms with E-state index in [9.17, 15) is 4.79 Å². The molecule has 1 atom stereocenters. The Balaban J connectivity index is 3.56. The van der Waals surface area contributed by atoms with E-state index in [1.165, 1.54) is 0 Å². The summed E-state index contributed by atoms with van der Waals surface area (Å²) in [4.78, 5) is 11.5. The number of hydrogen-bond acceptors (Lipinski definition) is 5. The van der Waals surface area contributed by atoms with E-state index < -0.39 is 0 Å². The Morgan fingerprint density at radius 1 is 1.17 bits per heavy atom. The quantitative estimate of drug-likeness (QED) is 0.447. The van der Waals surface area contributed by atoms with Gasteiger partial charge >= 0.3 is 5.97 Å². The summed E-state index contributed by atoms with van der Waals surface area (Å²) in [7, 11) is 1.62. The van der Waals surface area contributed by atoms with Gasteiger partial charge < -0.3 is 19.9 Å². The molecule has 0 aliphatic heterocycles. The molecule has 0 saturated heterocycles. The fourth-order valence-corrected chi connectivity index (χ4v) is 1.68. The van der Waals surface area contributed by atoms with Crippen LogP contribution in [-0.2, 0) is 19.0 Å². The molecule has 0 aromatic rings. The van der Waals surface area contributed by atoms with Crippen molar-refractivity contribution in [2.45, 2.75) is 26.7 Å². The molecule has 0 aromatic carbocycles. The molecule has 0 saturated carbocycles. The van der Waals surface area contributed by atoms with E-state index in [4.69, 9.17) is 19.9 Å². The van der Waals surface area contributed by atoms with E-state index in [0.717, 1.165) is 6.42 Å². The van der Waals surface area contributed by atoms with E-state index >= 15 is 0 Å². The second-order valence-electron chi connectivity index (χ2n) is 4.76. The highest BCUT2D eigenvalue weighted by Crippen LogP contribution is 2.14. The van der Waals surface area contributed by atoms with Gasteiger partial charge in [-0.15, -0.1) is 0 Å². The zero-order valence-corrected chi connectivity index (χ0v) is 11.8. The van der Waals surface area contributed by atoms with Crippen LogP contribution < -0.4 is 5.73 Å². The van der Waals surface area contributed by atoms with Crippen molar-refractivity contribution >= 4 is 5.97 Å². The number of carbonyl (C=O) groups excluding carboxylic acids is 1. The van der Waals surface area contributed by atoms with E-state index in [2.05, 4.69) is 13.8 Å². The number of rotatable bonds is 11. The Morgan fingerprint density at radius 2 is 1.83 bits per heavy atom. The lowest BCUT2D eigenvalue weighted by molar-refractivity contribution is -0.146. The van der Waals surface area contributed by atoms with Crippen LogP contribution in [0.2, 0.25) is 0 Å². The first-order valence-corrected chi connectivity index (χ1v) is 6.52. The van der Waals surface area contributed by atoms with Crippen LogP contribution in [0.25, 0.3) is 0 Å². The van der Waals surface area contributed by atoms with Crippen molar-refractivity contribution in [2.24, 2.45) is 17.6 Å². The molecule has 0 spiro atoms. The minimum absolute atomic E-state index is 0.193. The molecule has 18 heavy (non-hydrogen) atoms. The minimum Gasteiger partial charge on any atom is -0.463 e. The third-order valence-corrected chi connectivity index (χ3v) is 2.52. The third-order valence-electron chi connectivity index (χ3n) is 2.52. The molecule has 0 bridgehead atoms. The fourth-order valence-electron chi connectivity index (χ4n) is 1.68. The Labute approximate surface area is 110 Å². The minimum atomic E-state index is -0.193. The molecular formula is C13H27NO4. The summed E-state index contributed by atoms with van der Waals surface area (Å²) in [5.74, 6) is 0.567. The highest BCUT2D eigenvalue weighted by Gasteiger charge is 2.14. The van der Waals surface area contributed by atoms with Gasteiger partial charge in [-0.25, -0.2) is 0 Å². The zero-order valence-electron chi connectivity index (χ0n) is 11.8. The van der Waals surface area contributed by atoms with Gasteiger partial charge in [-0.3, -0.25) is 4.79 Å². The molecule has 5 heteroatoms. The lowest BCUT2D eigenvalue weighted by Crippen LogP contribution is -2.22. The first-order valence-electron chi connectivity index (χ1n) is 6.52. The van der Waals surface area contributed by atoms with Crippen LogP contribution in [0.5, 0.6) is 0 Å². The molecule has 0 aliphatic carbocycles. The van der Waals surface area contributed by atoms with Crippen molar-refractivity contribution in [1.82, 2.24) is 0 Å². The lowest BCUT2D eigenvalue weighted by atomic mass is 9.94. The smallest absolute Gasteiger partial charge is 0.306 e. The maximum atomic E-state index is 11.5. The van der Waals surface area contributed by atoms with Crippen LogP contribution in [-0.4, -0.2) is 46.1 Å². The number of ether oxygens (including phenoxy) is 3.